The van der Waals surface area contributed by atoms with Crippen LogP contribution in [0.15, 0.2) is 51.7 Å². The van der Waals surface area contributed by atoms with Crippen LogP contribution in [0, 0.1) is 6.92 Å². The van der Waals surface area contributed by atoms with Crippen molar-refractivity contribution in [2.75, 3.05) is 0 Å². The van der Waals surface area contributed by atoms with Gasteiger partial charge in [0.25, 0.3) is 0 Å². The molecule has 0 fully saturated rings. The first-order chi connectivity index (χ1) is 9.65. The fourth-order valence-electron chi connectivity index (χ4n) is 2.64. The Morgan fingerprint density at radius 2 is 1.95 bits per heavy atom. The Bertz CT molecular complexity index is 1040. The van der Waals surface area contributed by atoms with Crippen molar-refractivity contribution in [3.63, 3.8) is 0 Å². The second kappa shape index (κ2) is 3.87. The normalized spacial score (nSPS) is 11.7. The molecule has 3 nitrogen and oxygen atoms in total. The Labute approximate surface area is 119 Å². The Hall–Kier alpha value is -2.26. The average Bonchev–Trinajstić information content (AvgIpc) is 2.80. The molecule has 4 heteroatoms. The van der Waals surface area contributed by atoms with E-state index in [2.05, 4.69) is 0 Å². The standard InChI is InChI=1S/C16H10ClNO2/c1-9-3-2-4-11-8-13-15(19)12-7-10(17)5-6-14(12)20-16(13)18(9)11/h2-8H,1H3. The van der Waals surface area contributed by atoms with Crippen LogP contribution in [-0.2, 0) is 0 Å². The van der Waals surface area contributed by atoms with E-state index in [1.807, 2.05) is 35.6 Å². The third-order valence-electron chi connectivity index (χ3n) is 3.58. The van der Waals surface area contributed by atoms with Crippen molar-refractivity contribution in [3.8, 4) is 0 Å². The number of nitrogens with zero attached hydrogens (tertiary/aromatic N) is 1. The van der Waals surface area contributed by atoms with Crippen LogP contribution in [-0.4, -0.2) is 4.40 Å². The lowest BCUT2D eigenvalue weighted by Gasteiger charge is -2.02. The van der Waals surface area contributed by atoms with E-state index in [-0.39, 0.29) is 5.43 Å². The summed E-state index contributed by atoms with van der Waals surface area (Å²) < 4.78 is 7.87. The molecule has 0 N–H and O–H groups in total. The Balaban J connectivity index is 2.34. The molecule has 4 aromatic rings. The molecule has 0 saturated carbocycles. The maximum absolute atomic E-state index is 12.6. The zero-order valence-corrected chi connectivity index (χ0v) is 11.4. The highest BCUT2D eigenvalue weighted by Crippen LogP contribution is 2.25. The molecule has 20 heavy (non-hydrogen) atoms. The van der Waals surface area contributed by atoms with Crippen LogP contribution in [0.3, 0.4) is 0 Å². The summed E-state index contributed by atoms with van der Waals surface area (Å²) in [5.74, 6) is 0. The minimum absolute atomic E-state index is 0.0492. The topological polar surface area (TPSA) is 34.6 Å². The third-order valence-corrected chi connectivity index (χ3v) is 3.81. The summed E-state index contributed by atoms with van der Waals surface area (Å²) in [6, 6.07) is 12.9. The summed E-state index contributed by atoms with van der Waals surface area (Å²) in [5, 5.41) is 1.62. The lowest BCUT2D eigenvalue weighted by molar-refractivity contribution is 0.638. The Kier molecular flexibility index (Phi) is 2.24. The molecular formula is C16H10ClNO2. The summed E-state index contributed by atoms with van der Waals surface area (Å²) in [7, 11) is 0. The molecule has 0 aliphatic rings. The van der Waals surface area contributed by atoms with Crippen molar-refractivity contribution in [1.82, 2.24) is 4.40 Å². The van der Waals surface area contributed by atoms with Crippen molar-refractivity contribution in [2.24, 2.45) is 0 Å². The molecule has 3 heterocycles. The molecule has 0 aliphatic heterocycles. The number of halogens is 1. The second-order valence-corrected chi connectivity index (χ2v) is 5.30. The van der Waals surface area contributed by atoms with Gasteiger partial charge in [0, 0.05) is 16.2 Å². The van der Waals surface area contributed by atoms with E-state index in [0.717, 1.165) is 11.2 Å². The molecule has 3 aromatic heterocycles. The maximum Gasteiger partial charge on any atom is 0.216 e. The molecule has 0 radical (unpaired) electrons. The van der Waals surface area contributed by atoms with Crippen molar-refractivity contribution in [2.45, 2.75) is 6.92 Å². The molecule has 0 aliphatic carbocycles. The van der Waals surface area contributed by atoms with Gasteiger partial charge < -0.3 is 4.42 Å². The molecule has 0 bridgehead atoms. The van der Waals surface area contributed by atoms with E-state index >= 15 is 0 Å². The predicted octanol–water partition coefficient (Wildman–Crippen LogP) is 4.16. The van der Waals surface area contributed by atoms with E-state index in [4.69, 9.17) is 16.0 Å². The molecule has 0 unspecified atom stereocenters. The lowest BCUT2D eigenvalue weighted by Crippen LogP contribution is -2.01. The first kappa shape index (κ1) is 11.6. The van der Waals surface area contributed by atoms with Crippen molar-refractivity contribution in [1.29, 1.82) is 0 Å². The molecule has 0 atom stereocenters. The monoisotopic (exact) mass is 283 g/mol. The van der Waals surface area contributed by atoms with Crippen LogP contribution in [0.5, 0.6) is 0 Å². The number of rotatable bonds is 0. The van der Waals surface area contributed by atoms with Gasteiger partial charge in [0.15, 0.2) is 0 Å². The average molecular weight is 284 g/mol. The van der Waals surface area contributed by atoms with E-state index in [1.165, 1.54) is 0 Å². The number of fused-ring (bicyclic) bond motifs is 4. The van der Waals surface area contributed by atoms with E-state index in [0.29, 0.717) is 27.1 Å². The van der Waals surface area contributed by atoms with Crippen LogP contribution in [0.2, 0.25) is 5.02 Å². The molecule has 0 amide bonds. The van der Waals surface area contributed by atoms with Crippen molar-refractivity contribution < 1.29 is 4.42 Å². The van der Waals surface area contributed by atoms with E-state index in [1.54, 1.807) is 18.2 Å². The summed E-state index contributed by atoms with van der Waals surface area (Å²) in [5.41, 5.74) is 3.05. The van der Waals surface area contributed by atoms with E-state index < -0.39 is 0 Å². The van der Waals surface area contributed by atoms with Crippen LogP contribution in [0.25, 0.3) is 27.6 Å². The number of benzene rings is 1. The van der Waals surface area contributed by atoms with Crippen molar-refractivity contribution >= 4 is 39.2 Å². The fourth-order valence-corrected chi connectivity index (χ4v) is 2.81. The van der Waals surface area contributed by atoms with Gasteiger partial charge in [-0.25, -0.2) is 0 Å². The van der Waals surface area contributed by atoms with Gasteiger partial charge in [0.1, 0.15) is 5.58 Å². The van der Waals surface area contributed by atoms with Crippen molar-refractivity contribution in [3.05, 3.63) is 63.4 Å². The van der Waals surface area contributed by atoms with Crippen LogP contribution >= 0.6 is 11.6 Å². The van der Waals surface area contributed by atoms with Gasteiger partial charge in [-0.2, -0.15) is 0 Å². The second-order valence-electron chi connectivity index (χ2n) is 4.86. The molecule has 1 aromatic carbocycles. The first-order valence-electron chi connectivity index (χ1n) is 6.28. The summed E-state index contributed by atoms with van der Waals surface area (Å²) in [6.07, 6.45) is 0. The number of aryl methyl sites for hydroxylation is 1. The van der Waals surface area contributed by atoms with Crippen LogP contribution in [0.4, 0.5) is 0 Å². The van der Waals surface area contributed by atoms with Gasteiger partial charge in [-0.1, -0.05) is 17.7 Å². The largest absolute Gasteiger partial charge is 0.439 e. The molecule has 0 spiro atoms. The van der Waals surface area contributed by atoms with Gasteiger partial charge in [-0.05, 0) is 43.3 Å². The highest BCUT2D eigenvalue weighted by atomic mass is 35.5. The highest BCUT2D eigenvalue weighted by molar-refractivity contribution is 6.31. The summed E-state index contributed by atoms with van der Waals surface area (Å²) >= 11 is 5.96. The van der Waals surface area contributed by atoms with Gasteiger partial charge in [-0.15, -0.1) is 0 Å². The number of pyridine rings is 1. The fraction of sp³-hybridized carbons (Fsp3) is 0.0625. The smallest absolute Gasteiger partial charge is 0.216 e. The molecule has 4 rings (SSSR count). The van der Waals surface area contributed by atoms with Gasteiger partial charge in [-0.3, -0.25) is 9.20 Å². The molecular weight excluding hydrogens is 274 g/mol. The number of aromatic nitrogens is 1. The Morgan fingerprint density at radius 3 is 2.80 bits per heavy atom. The zero-order chi connectivity index (χ0) is 13.9. The highest BCUT2D eigenvalue weighted by Gasteiger charge is 2.13. The van der Waals surface area contributed by atoms with Gasteiger partial charge in [0.2, 0.25) is 11.1 Å². The van der Waals surface area contributed by atoms with Gasteiger partial charge >= 0.3 is 0 Å². The van der Waals surface area contributed by atoms with E-state index in [9.17, 15) is 4.79 Å². The van der Waals surface area contributed by atoms with Crippen LogP contribution < -0.4 is 5.43 Å². The lowest BCUT2D eigenvalue weighted by atomic mass is 10.2. The summed E-state index contributed by atoms with van der Waals surface area (Å²) in [6.45, 7) is 1.98. The number of hydrogen-bond acceptors (Lipinski definition) is 2. The SMILES string of the molecule is Cc1cccc2cc3c(=O)c4cc(Cl)ccc4oc3n12. The first-order valence-corrected chi connectivity index (χ1v) is 6.66. The quantitative estimate of drug-likeness (QED) is 0.486. The minimum Gasteiger partial charge on any atom is -0.439 e. The summed E-state index contributed by atoms with van der Waals surface area (Å²) in [4.78, 5) is 12.6. The molecule has 0 saturated heterocycles. The number of hydrogen-bond donors (Lipinski definition) is 0. The maximum atomic E-state index is 12.6. The Morgan fingerprint density at radius 1 is 1.10 bits per heavy atom. The third kappa shape index (κ3) is 1.44. The molecule has 98 valence electrons. The zero-order valence-electron chi connectivity index (χ0n) is 10.7. The minimum atomic E-state index is -0.0492. The predicted molar refractivity (Wildman–Crippen MR) is 80.7 cm³/mol. The van der Waals surface area contributed by atoms with Crippen LogP contribution in [0.1, 0.15) is 5.69 Å². The van der Waals surface area contributed by atoms with Gasteiger partial charge in [0.05, 0.1) is 10.8 Å².